The van der Waals surface area contributed by atoms with Gasteiger partial charge >= 0.3 is 5.69 Å². The minimum Gasteiger partial charge on any atom is -0.392 e. The van der Waals surface area contributed by atoms with Crippen LogP contribution in [0.3, 0.4) is 0 Å². The van der Waals surface area contributed by atoms with Crippen molar-refractivity contribution < 1.29 is 9.72 Å². The number of nitro groups is 1. The molecular weight excluding hydrogens is 200 g/mol. The van der Waals surface area contributed by atoms with Crippen LogP contribution in [0.2, 0.25) is 0 Å². The molecule has 1 amide bonds. The number of rotatable bonds is 3. The quantitative estimate of drug-likeness (QED) is 0.551. The van der Waals surface area contributed by atoms with Crippen LogP contribution in [0.25, 0.3) is 0 Å². The second kappa shape index (κ2) is 4.36. The summed E-state index contributed by atoms with van der Waals surface area (Å²) in [7, 11) is 0. The Bertz CT molecular complexity index is 405. The highest BCUT2D eigenvalue weighted by Gasteiger charge is 2.19. The van der Waals surface area contributed by atoms with Crippen LogP contribution in [-0.2, 0) is 0 Å². The van der Waals surface area contributed by atoms with Gasteiger partial charge in [-0.15, -0.1) is 0 Å². The molecular formula is C8H10N4O3. The van der Waals surface area contributed by atoms with E-state index in [0.717, 1.165) is 6.20 Å². The van der Waals surface area contributed by atoms with E-state index in [0.29, 0.717) is 6.54 Å². The minimum atomic E-state index is -0.676. The van der Waals surface area contributed by atoms with Crippen LogP contribution in [0.1, 0.15) is 17.3 Å². The van der Waals surface area contributed by atoms with E-state index < -0.39 is 10.8 Å². The minimum absolute atomic E-state index is 0.0195. The lowest BCUT2D eigenvalue weighted by Crippen LogP contribution is -2.24. The van der Waals surface area contributed by atoms with Gasteiger partial charge in [-0.2, -0.15) is 0 Å². The lowest BCUT2D eigenvalue weighted by Gasteiger charge is -2.04. The number of carbonyl (C=O) groups is 1. The summed E-state index contributed by atoms with van der Waals surface area (Å²) < 4.78 is 0. The third-order valence-corrected chi connectivity index (χ3v) is 1.75. The highest BCUT2D eigenvalue weighted by atomic mass is 16.6. The first-order chi connectivity index (χ1) is 7.07. The van der Waals surface area contributed by atoms with Gasteiger partial charge in [0, 0.05) is 12.7 Å². The highest BCUT2D eigenvalue weighted by Crippen LogP contribution is 2.22. The fraction of sp³-hybridized carbons (Fsp3) is 0.250. The summed E-state index contributed by atoms with van der Waals surface area (Å²) in [6, 6.07) is 0. The van der Waals surface area contributed by atoms with Crippen molar-refractivity contribution in [2.24, 2.45) is 0 Å². The van der Waals surface area contributed by atoms with Crippen molar-refractivity contribution in [3.8, 4) is 0 Å². The molecule has 7 heteroatoms. The van der Waals surface area contributed by atoms with Crippen molar-refractivity contribution in [1.82, 2.24) is 10.3 Å². The van der Waals surface area contributed by atoms with E-state index in [1.165, 1.54) is 6.20 Å². The molecule has 0 aliphatic rings. The summed E-state index contributed by atoms with van der Waals surface area (Å²) in [6.07, 6.45) is 2.21. The van der Waals surface area contributed by atoms with Crippen LogP contribution in [-0.4, -0.2) is 22.4 Å². The summed E-state index contributed by atoms with van der Waals surface area (Å²) in [5.74, 6) is -0.466. The summed E-state index contributed by atoms with van der Waals surface area (Å²) in [4.78, 5) is 24.8. The van der Waals surface area contributed by atoms with Gasteiger partial charge in [-0.3, -0.25) is 19.9 Å². The first-order valence-corrected chi connectivity index (χ1v) is 4.24. The van der Waals surface area contributed by atoms with Gasteiger partial charge in [0.15, 0.2) is 0 Å². The van der Waals surface area contributed by atoms with Crippen LogP contribution in [0, 0.1) is 10.1 Å². The molecule has 1 aromatic heterocycles. The van der Waals surface area contributed by atoms with E-state index in [4.69, 9.17) is 5.73 Å². The number of nitrogens with zero attached hydrogens (tertiary/aromatic N) is 2. The Balaban J connectivity index is 3.15. The lowest BCUT2D eigenvalue weighted by molar-refractivity contribution is -0.384. The zero-order valence-electron chi connectivity index (χ0n) is 8.06. The SMILES string of the molecule is CCNC(=O)c1cncc([N+](=O)[O-])c1N. The molecule has 0 spiro atoms. The van der Waals surface area contributed by atoms with Crippen LogP contribution in [0.4, 0.5) is 11.4 Å². The summed E-state index contributed by atoms with van der Waals surface area (Å²) in [5.41, 5.74) is 4.96. The Labute approximate surface area is 85.5 Å². The first kappa shape index (κ1) is 10.9. The van der Waals surface area contributed by atoms with Crippen molar-refractivity contribution in [2.75, 3.05) is 12.3 Å². The van der Waals surface area contributed by atoms with Crippen molar-refractivity contribution in [1.29, 1.82) is 0 Å². The fourth-order valence-corrected chi connectivity index (χ4v) is 1.04. The largest absolute Gasteiger partial charge is 0.392 e. The normalized spacial score (nSPS) is 9.67. The van der Waals surface area contributed by atoms with E-state index in [1.807, 2.05) is 0 Å². The maximum absolute atomic E-state index is 11.4. The molecule has 0 saturated carbocycles. The maximum Gasteiger partial charge on any atom is 0.311 e. The first-order valence-electron chi connectivity index (χ1n) is 4.24. The molecule has 0 radical (unpaired) electrons. The second-order valence-corrected chi connectivity index (χ2v) is 2.74. The Morgan fingerprint density at radius 2 is 2.33 bits per heavy atom. The standard InChI is InChI=1S/C8H10N4O3/c1-2-11-8(13)5-3-10-4-6(7(5)9)12(14)15/h3-4H,2H2,1H3,(H2,9,10)(H,11,13). The van der Waals surface area contributed by atoms with Crippen molar-refractivity contribution in [3.05, 3.63) is 28.1 Å². The number of hydrogen-bond acceptors (Lipinski definition) is 5. The molecule has 0 fully saturated rings. The summed E-state index contributed by atoms with van der Waals surface area (Å²) in [6.45, 7) is 2.15. The number of pyridine rings is 1. The Morgan fingerprint density at radius 3 is 2.87 bits per heavy atom. The molecule has 0 bridgehead atoms. The molecule has 3 N–H and O–H groups in total. The van der Waals surface area contributed by atoms with Gasteiger partial charge < -0.3 is 11.1 Å². The van der Waals surface area contributed by atoms with Crippen molar-refractivity contribution >= 4 is 17.3 Å². The number of carbonyl (C=O) groups excluding carboxylic acids is 1. The molecule has 0 aliphatic carbocycles. The third-order valence-electron chi connectivity index (χ3n) is 1.75. The van der Waals surface area contributed by atoms with E-state index in [9.17, 15) is 14.9 Å². The summed E-state index contributed by atoms with van der Waals surface area (Å²) >= 11 is 0. The van der Waals surface area contributed by atoms with E-state index in [2.05, 4.69) is 10.3 Å². The molecule has 0 aliphatic heterocycles. The zero-order chi connectivity index (χ0) is 11.4. The van der Waals surface area contributed by atoms with Crippen LogP contribution < -0.4 is 11.1 Å². The van der Waals surface area contributed by atoms with Crippen molar-refractivity contribution in [2.45, 2.75) is 6.92 Å². The van der Waals surface area contributed by atoms with E-state index in [1.54, 1.807) is 6.92 Å². The van der Waals surface area contributed by atoms with Crippen LogP contribution >= 0.6 is 0 Å². The number of hydrogen-bond donors (Lipinski definition) is 2. The molecule has 80 valence electrons. The van der Waals surface area contributed by atoms with E-state index >= 15 is 0 Å². The van der Waals surface area contributed by atoms with E-state index in [-0.39, 0.29) is 16.9 Å². The number of anilines is 1. The lowest BCUT2D eigenvalue weighted by atomic mass is 10.2. The molecule has 7 nitrogen and oxygen atoms in total. The summed E-state index contributed by atoms with van der Waals surface area (Å²) in [5, 5.41) is 13.0. The maximum atomic E-state index is 11.4. The Kier molecular flexibility index (Phi) is 3.17. The molecule has 15 heavy (non-hydrogen) atoms. The van der Waals surface area contributed by atoms with Crippen LogP contribution in [0.5, 0.6) is 0 Å². The molecule has 0 atom stereocenters. The predicted molar refractivity (Wildman–Crippen MR) is 53.3 cm³/mol. The Morgan fingerprint density at radius 1 is 1.67 bits per heavy atom. The molecule has 1 rings (SSSR count). The number of nitrogens with two attached hydrogens (primary N) is 1. The topological polar surface area (TPSA) is 111 Å². The number of amides is 1. The Hall–Kier alpha value is -2.18. The molecule has 1 heterocycles. The zero-order valence-corrected chi connectivity index (χ0v) is 8.06. The monoisotopic (exact) mass is 210 g/mol. The third kappa shape index (κ3) is 2.19. The number of nitrogen functional groups attached to an aromatic ring is 1. The van der Waals surface area contributed by atoms with Crippen LogP contribution in [0.15, 0.2) is 12.4 Å². The van der Waals surface area contributed by atoms with Gasteiger partial charge in [0.2, 0.25) is 0 Å². The van der Waals surface area contributed by atoms with Gasteiger partial charge in [0.25, 0.3) is 5.91 Å². The van der Waals surface area contributed by atoms with Gasteiger partial charge in [0.05, 0.1) is 10.5 Å². The number of aromatic nitrogens is 1. The van der Waals surface area contributed by atoms with Crippen molar-refractivity contribution in [3.63, 3.8) is 0 Å². The molecule has 1 aromatic rings. The highest BCUT2D eigenvalue weighted by molar-refractivity contribution is 6.00. The predicted octanol–water partition coefficient (Wildman–Crippen LogP) is 0.322. The van der Waals surface area contributed by atoms with Gasteiger partial charge in [-0.1, -0.05) is 0 Å². The smallest absolute Gasteiger partial charge is 0.311 e. The molecule has 0 saturated heterocycles. The molecule has 0 unspecified atom stereocenters. The second-order valence-electron chi connectivity index (χ2n) is 2.74. The fourth-order valence-electron chi connectivity index (χ4n) is 1.04. The molecule has 0 aromatic carbocycles. The van der Waals surface area contributed by atoms with Gasteiger partial charge in [-0.25, -0.2) is 0 Å². The number of nitrogens with one attached hydrogen (secondary N) is 1. The average molecular weight is 210 g/mol. The average Bonchev–Trinajstić information content (AvgIpc) is 2.17. The van der Waals surface area contributed by atoms with Gasteiger partial charge in [-0.05, 0) is 6.92 Å². The van der Waals surface area contributed by atoms with Gasteiger partial charge in [0.1, 0.15) is 11.9 Å².